The van der Waals surface area contributed by atoms with Gasteiger partial charge in [0.2, 0.25) is 0 Å². The maximum Gasteiger partial charge on any atom is 0.177 e. The zero-order chi connectivity index (χ0) is 10.4. The summed E-state index contributed by atoms with van der Waals surface area (Å²) < 4.78 is 0. The van der Waals surface area contributed by atoms with Gasteiger partial charge in [0.25, 0.3) is 0 Å². The van der Waals surface area contributed by atoms with Crippen LogP contribution in [0, 0.1) is 0 Å². The summed E-state index contributed by atoms with van der Waals surface area (Å²) in [5.74, 6) is 5.84. The van der Waals surface area contributed by atoms with Crippen LogP contribution in [-0.4, -0.2) is 5.17 Å². The van der Waals surface area contributed by atoms with Crippen LogP contribution in [0.2, 0.25) is 0 Å². The maximum atomic E-state index is 5.46. The largest absolute Gasteiger partial charge is 0.377 e. The molecule has 1 aromatic rings. The van der Waals surface area contributed by atoms with Crippen LogP contribution in [-0.2, 0) is 12.2 Å². The fraction of sp³-hybridized carbons (Fsp3) is 0.300. The van der Waals surface area contributed by atoms with E-state index in [0.717, 1.165) is 12.2 Å². The number of nitrogens with two attached hydrogens (primary N) is 2. The molecule has 0 aliphatic heterocycles. The van der Waals surface area contributed by atoms with Crippen molar-refractivity contribution in [3.63, 3.8) is 0 Å². The second-order valence-electron chi connectivity index (χ2n) is 2.93. The van der Waals surface area contributed by atoms with Crippen LogP contribution in [0.1, 0.15) is 18.1 Å². The molecule has 0 aliphatic carbocycles. The van der Waals surface area contributed by atoms with Crippen molar-refractivity contribution in [2.24, 2.45) is 16.7 Å². The minimum Gasteiger partial charge on any atom is -0.377 e. The average molecular weight is 209 g/mol. The molecule has 0 atom stereocenters. The van der Waals surface area contributed by atoms with Crippen LogP contribution in [0.3, 0.4) is 0 Å². The van der Waals surface area contributed by atoms with Crippen LogP contribution in [0.4, 0.5) is 0 Å². The number of benzene rings is 1. The molecule has 0 saturated heterocycles. The van der Waals surface area contributed by atoms with Crippen LogP contribution in [0.25, 0.3) is 0 Å². The Morgan fingerprint density at radius 2 is 1.86 bits per heavy atom. The molecular weight excluding hydrogens is 194 g/mol. The molecule has 4 N–H and O–H groups in total. The molecule has 76 valence electrons. The zero-order valence-corrected chi connectivity index (χ0v) is 9.05. The van der Waals surface area contributed by atoms with E-state index in [2.05, 4.69) is 36.3 Å². The van der Waals surface area contributed by atoms with Gasteiger partial charge in [-0.05, 0) is 17.5 Å². The normalized spacial score (nSPS) is 11.6. The van der Waals surface area contributed by atoms with Gasteiger partial charge in [0.05, 0.1) is 0 Å². The molecule has 0 heterocycles. The molecule has 0 bridgehead atoms. The number of amidine groups is 1. The fourth-order valence-corrected chi connectivity index (χ4v) is 1.65. The predicted molar refractivity (Wildman–Crippen MR) is 62.9 cm³/mol. The molecule has 0 aromatic heterocycles. The topological polar surface area (TPSA) is 64.4 Å². The summed E-state index contributed by atoms with van der Waals surface area (Å²) in [5, 5.41) is 3.82. The van der Waals surface area contributed by atoms with Crippen molar-refractivity contribution < 1.29 is 0 Å². The Kier molecular flexibility index (Phi) is 4.32. The molecule has 0 amide bonds. The first-order valence-electron chi connectivity index (χ1n) is 4.50. The van der Waals surface area contributed by atoms with Gasteiger partial charge in [0.15, 0.2) is 5.17 Å². The van der Waals surface area contributed by atoms with E-state index in [0.29, 0.717) is 5.17 Å². The summed E-state index contributed by atoms with van der Waals surface area (Å²) in [6.07, 6.45) is 1.07. The van der Waals surface area contributed by atoms with E-state index in [1.54, 1.807) is 0 Å². The van der Waals surface area contributed by atoms with E-state index in [-0.39, 0.29) is 0 Å². The minimum atomic E-state index is 0.421. The summed E-state index contributed by atoms with van der Waals surface area (Å²) >= 11 is 1.45. The van der Waals surface area contributed by atoms with Crippen LogP contribution in [0.5, 0.6) is 0 Å². The molecule has 0 unspecified atom stereocenters. The molecule has 0 saturated carbocycles. The Morgan fingerprint density at radius 1 is 1.29 bits per heavy atom. The molecular formula is C10H15N3S. The Labute approximate surface area is 88.6 Å². The molecule has 1 rings (SSSR count). The molecule has 4 heteroatoms. The number of hydrogen-bond acceptors (Lipinski definition) is 3. The second-order valence-corrected chi connectivity index (χ2v) is 3.92. The fourth-order valence-electron chi connectivity index (χ4n) is 1.07. The van der Waals surface area contributed by atoms with Crippen molar-refractivity contribution in [3.05, 3.63) is 35.4 Å². The summed E-state index contributed by atoms with van der Waals surface area (Å²) in [6.45, 7) is 2.14. The van der Waals surface area contributed by atoms with Crippen molar-refractivity contribution in [3.8, 4) is 0 Å². The third-order valence-electron chi connectivity index (χ3n) is 1.95. The third kappa shape index (κ3) is 3.30. The highest BCUT2D eigenvalue weighted by atomic mass is 32.2. The van der Waals surface area contributed by atoms with E-state index >= 15 is 0 Å². The lowest BCUT2D eigenvalue weighted by Gasteiger charge is -2.01. The monoisotopic (exact) mass is 209 g/mol. The van der Waals surface area contributed by atoms with E-state index in [1.807, 2.05) is 0 Å². The summed E-state index contributed by atoms with van der Waals surface area (Å²) in [7, 11) is 0. The van der Waals surface area contributed by atoms with Crippen LogP contribution in [0.15, 0.2) is 29.4 Å². The summed E-state index contributed by atoms with van der Waals surface area (Å²) in [5.41, 5.74) is 8.05. The first-order chi connectivity index (χ1) is 6.76. The smallest absolute Gasteiger partial charge is 0.177 e. The van der Waals surface area contributed by atoms with E-state index in [9.17, 15) is 0 Å². The highest BCUT2D eigenvalue weighted by molar-refractivity contribution is 8.13. The lowest BCUT2D eigenvalue weighted by molar-refractivity contribution is 1.13. The van der Waals surface area contributed by atoms with Gasteiger partial charge in [0.1, 0.15) is 0 Å². The van der Waals surface area contributed by atoms with Crippen molar-refractivity contribution in [2.45, 2.75) is 19.1 Å². The Bertz CT molecular complexity index is 306. The minimum absolute atomic E-state index is 0.421. The van der Waals surface area contributed by atoms with Crippen molar-refractivity contribution in [1.82, 2.24) is 0 Å². The first-order valence-corrected chi connectivity index (χ1v) is 5.48. The van der Waals surface area contributed by atoms with Gasteiger partial charge in [-0.15, -0.1) is 0 Å². The number of rotatable bonds is 3. The Hall–Kier alpha value is -1.16. The van der Waals surface area contributed by atoms with Gasteiger partial charge in [-0.1, -0.05) is 43.0 Å². The van der Waals surface area contributed by atoms with E-state index < -0.39 is 0 Å². The number of hydrogen-bond donors (Lipinski definition) is 2. The van der Waals surface area contributed by atoms with Crippen molar-refractivity contribution in [1.29, 1.82) is 0 Å². The first kappa shape index (κ1) is 10.9. The lowest BCUT2D eigenvalue weighted by atomic mass is 10.1. The summed E-state index contributed by atoms with van der Waals surface area (Å²) in [4.78, 5) is 0. The highest BCUT2D eigenvalue weighted by Gasteiger charge is 1.96. The third-order valence-corrected chi connectivity index (χ3v) is 2.82. The second kappa shape index (κ2) is 5.54. The SMILES string of the molecule is CCc1ccc(CSC(N)=NN)cc1. The van der Waals surface area contributed by atoms with Crippen molar-refractivity contribution in [2.75, 3.05) is 0 Å². The van der Waals surface area contributed by atoms with Gasteiger partial charge >= 0.3 is 0 Å². The number of aryl methyl sites for hydroxylation is 1. The van der Waals surface area contributed by atoms with E-state index in [4.69, 9.17) is 11.6 Å². The number of hydrazone groups is 1. The van der Waals surface area contributed by atoms with Gasteiger partial charge in [0, 0.05) is 5.75 Å². The number of nitrogens with zero attached hydrogens (tertiary/aromatic N) is 1. The molecule has 0 spiro atoms. The van der Waals surface area contributed by atoms with Gasteiger partial charge in [-0.3, -0.25) is 0 Å². The molecule has 0 aliphatic rings. The predicted octanol–water partition coefficient (Wildman–Crippen LogP) is 1.67. The molecule has 14 heavy (non-hydrogen) atoms. The Balaban J connectivity index is 2.52. The lowest BCUT2D eigenvalue weighted by Crippen LogP contribution is -2.09. The highest BCUT2D eigenvalue weighted by Crippen LogP contribution is 2.12. The van der Waals surface area contributed by atoms with Crippen molar-refractivity contribution >= 4 is 16.9 Å². The zero-order valence-electron chi connectivity index (χ0n) is 8.23. The molecule has 1 aromatic carbocycles. The standard InChI is InChI=1S/C10H15N3S/c1-2-8-3-5-9(6-4-8)7-14-10(11)13-12/h3-6H,2,7,12H2,1H3,(H2,11,13). The average Bonchev–Trinajstić information content (AvgIpc) is 2.26. The van der Waals surface area contributed by atoms with Crippen LogP contribution < -0.4 is 11.6 Å². The molecule has 0 fully saturated rings. The van der Waals surface area contributed by atoms with Gasteiger partial charge < -0.3 is 11.6 Å². The maximum absolute atomic E-state index is 5.46. The summed E-state index contributed by atoms with van der Waals surface area (Å²) in [6, 6.07) is 8.47. The Morgan fingerprint density at radius 3 is 2.36 bits per heavy atom. The van der Waals surface area contributed by atoms with Gasteiger partial charge in [-0.2, -0.15) is 5.10 Å². The number of thioether (sulfide) groups is 1. The molecule has 3 nitrogen and oxygen atoms in total. The quantitative estimate of drug-likeness (QED) is 0.344. The van der Waals surface area contributed by atoms with Crippen LogP contribution >= 0.6 is 11.8 Å². The molecule has 0 radical (unpaired) electrons. The van der Waals surface area contributed by atoms with E-state index in [1.165, 1.54) is 22.9 Å². The van der Waals surface area contributed by atoms with Gasteiger partial charge in [-0.25, -0.2) is 0 Å².